The van der Waals surface area contributed by atoms with Crippen LogP contribution in [-0.2, 0) is 6.42 Å². The lowest BCUT2D eigenvalue weighted by Gasteiger charge is -2.37. The van der Waals surface area contributed by atoms with Gasteiger partial charge in [-0.15, -0.1) is 0 Å². The van der Waals surface area contributed by atoms with Crippen molar-refractivity contribution < 1.29 is 13.6 Å². The first-order valence-electron chi connectivity index (χ1n) is 8.78. The lowest BCUT2D eigenvalue weighted by molar-refractivity contribution is 0.194. The Morgan fingerprint density at radius 1 is 0.926 bits per heavy atom. The number of amides is 2. The summed E-state index contributed by atoms with van der Waals surface area (Å²) in [5, 5.41) is 2.77. The van der Waals surface area contributed by atoms with Crippen LogP contribution in [0, 0.1) is 11.6 Å². The Morgan fingerprint density at radius 3 is 2.48 bits per heavy atom. The van der Waals surface area contributed by atoms with Crippen LogP contribution in [0.5, 0.6) is 0 Å². The molecule has 1 aliphatic heterocycles. The fourth-order valence-corrected chi connectivity index (χ4v) is 3.55. The van der Waals surface area contributed by atoms with Gasteiger partial charge in [0.25, 0.3) is 0 Å². The third kappa shape index (κ3) is 3.53. The molecule has 3 aromatic carbocycles. The summed E-state index contributed by atoms with van der Waals surface area (Å²) in [6.45, 7) is 0.514. The van der Waals surface area contributed by atoms with Gasteiger partial charge in [0.15, 0.2) is 0 Å². The fraction of sp³-hybridized carbons (Fsp3) is 0.136. The third-order valence-corrected chi connectivity index (χ3v) is 4.81. The highest BCUT2D eigenvalue weighted by molar-refractivity contribution is 5.90. The lowest BCUT2D eigenvalue weighted by atomic mass is 9.88. The molecule has 0 radical (unpaired) electrons. The molecule has 1 unspecified atom stereocenters. The average molecular weight is 364 g/mol. The van der Waals surface area contributed by atoms with E-state index in [9.17, 15) is 13.6 Å². The van der Waals surface area contributed by atoms with Crippen molar-refractivity contribution in [2.75, 3.05) is 11.9 Å². The smallest absolute Gasteiger partial charge is 0.313 e. The summed E-state index contributed by atoms with van der Waals surface area (Å²) < 4.78 is 26.8. The van der Waals surface area contributed by atoms with E-state index in [1.165, 1.54) is 29.8 Å². The molecule has 1 atom stereocenters. The SMILES string of the molecule is O=C(Nc1cccc(F)c1)N1CCc2ccccc2C1c1ccc(F)cc1. The molecule has 0 saturated heterocycles. The van der Waals surface area contributed by atoms with Gasteiger partial charge < -0.3 is 10.2 Å². The number of anilines is 1. The number of rotatable bonds is 2. The maximum atomic E-state index is 13.4. The Kier molecular flexibility index (Phi) is 4.59. The Morgan fingerprint density at radius 2 is 1.70 bits per heavy atom. The molecule has 1 heterocycles. The molecule has 136 valence electrons. The summed E-state index contributed by atoms with van der Waals surface area (Å²) in [6, 6.07) is 19.3. The molecular formula is C22H18F2N2O. The summed E-state index contributed by atoms with van der Waals surface area (Å²) in [6.07, 6.45) is 0.727. The van der Waals surface area contributed by atoms with Crippen molar-refractivity contribution >= 4 is 11.7 Å². The van der Waals surface area contributed by atoms with E-state index in [1.54, 1.807) is 29.2 Å². The van der Waals surface area contributed by atoms with Gasteiger partial charge in [-0.25, -0.2) is 13.6 Å². The molecule has 3 nitrogen and oxygen atoms in total. The molecule has 1 aliphatic rings. The topological polar surface area (TPSA) is 32.3 Å². The van der Waals surface area contributed by atoms with Crippen LogP contribution in [0.3, 0.4) is 0 Å². The second-order valence-corrected chi connectivity index (χ2v) is 6.54. The van der Waals surface area contributed by atoms with Gasteiger partial charge in [-0.1, -0.05) is 42.5 Å². The van der Waals surface area contributed by atoms with Crippen LogP contribution in [0.1, 0.15) is 22.7 Å². The molecule has 0 bridgehead atoms. The van der Waals surface area contributed by atoms with Crippen molar-refractivity contribution in [3.05, 3.63) is 101 Å². The predicted octanol–water partition coefficient (Wildman–Crippen LogP) is 5.14. The van der Waals surface area contributed by atoms with Gasteiger partial charge in [-0.2, -0.15) is 0 Å². The standard InChI is InChI=1S/C22H18F2N2O/c23-17-10-8-16(9-11-17)21-20-7-2-1-4-15(20)12-13-26(21)22(27)25-19-6-3-5-18(24)14-19/h1-11,14,21H,12-13H2,(H,25,27). The second-order valence-electron chi connectivity index (χ2n) is 6.54. The molecule has 0 spiro atoms. The molecule has 4 rings (SSSR count). The van der Waals surface area contributed by atoms with Crippen molar-refractivity contribution in [3.8, 4) is 0 Å². The van der Waals surface area contributed by atoms with E-state index in [4.69, 9.17) is 0 Å². The molecule has 0 fully saturated rings. The number of hydrogen-bond donors (Lipinski definition) is 1. The van der Waals surface area contributed by atoms with Gasteiger partial charge in [0.1, 0.15) is 11.6 Å². The number of carbonyl (C=O) groups excluding carboxylic acids is 1. The highest BCUT2D eigenvalue weighted by atomic mass is 19.1. The van der Waals surface area contributed by atoms with Gasteiger partial charge in [0.2, 0.25) is 0 Å². The zero-order valence-electron chi connectivity index (χ0n) is 14.5. The van der Waals surface area contributed by atoms with Crippen molar-refractivity contribution in [2.24, 2.45) is 0 Å². The van der Waals surface area contributed by atoms with Crippen LogP contribution in [0.4, 0.5) is 19.3 Å². The first-order valence-corrected chi connectivity index (χ1v) is 8.78. The fourth-order valence-electron chi connectivity index (χ4n) is 3.55. The number of halogens is 2. The largest absolute Gasteiger partial charge is 0.322 e. The highest BCUT2D eigenvalue weighted by Gasteiger charge is 2.32. The van der Waals surface area contributed by atoms with Crippen LogP contribution >= 0.6 is 0 Å². The summed E-state index contributed by atoms with van der Waals surface area (Å²) in [7, 11) is 0. The van der Waals surface area contributed by atoms with Crippen LogP contribution in [0.25, 0.3) is 0 Å². The number of benzene rings is 3. The van der Waals surface area contributed by atoms with E-state index >= 15 is 0 Å². The number of hydrogen-bond acceptors (Lipinski definition) is 1. The van der Waals surface area contributed by atoms with Crippen LogP contribution in [0.15, 0.2) is 72.8 Å². The molecule has 0 aromatic heterocycles. The predicted molar refractivity (Wildman–Crippen MR) is 101 cm³/mol. The zero-order valence-corrected chi connectivity index (χ0v) is 14.5. The van der Waals surface area contributed by atoms with Gasteiger partial charge in [-0.05, 0) is 53.4 Å². The molecule has 5 heteroatoms. The van der Waals surface area contributed by atoms with Crippen molar-refractivity contribution in [3.63, 3.8) is 0 Å². The summed E-state index contributed by atoms with van der Waals surface area (Å²) in [5.74, 6) is -0.731. The van der Waals surface area contributed by atoms with Gasteiger partial charge in [0, 0.05) is 12.2 Å². The monoisotopic (exact) mass is 364 g/mol. The Labute approximate surface area is 156 Å². The van der Waals surface area contributed by atoms with E-state index in [1.807, 2.05) is 24.3 Å². The number of urea groups is 1. The molecule has 1 N–H and O–H groups in total. The van der Waals surface area contributed by atoms with Gasteiger partial charge in [-0.3, -0.25) is 0 Å². The molecular weight excluding hydrogens is 346 g/mol. The molecule has 2 amide bonds. The van der Waals surface area contributed by atoms with E-state index in [2.05, 4.69) is 5.32 Å². The number of nitrogens with one attached hydrogen (secondary N) is 1. The Hall–Kier alpha value is -3.21. The number of nitrogens with zero attached hydrogens (tertiary/aromatic N) is 1. The minimum Gasteiger partial charge on any atom is -0.313 e. The first kappa shape index (κ1) is 17.2. The Balaban J connectivity index is 1.70. The van der Waals surface area contributed by atoms with Gasteiger partial charge >= 0.3 is 6.03 Å². The normalized spacial score (nSPS) is 15.9. The summed E-state index contributed by atoms with van der Waals surface area (Å²) in [4.78, 5) is 14.7. The minimum atomic E-state index is -0.410. The molecule has 27 heavy (non-hydrogen) atoms. The van der Waals surface area contributed by atoms with Crippen LogP contribution < -0.4 is 5.32 Å². The van der Waals surface area contributed by atoms with Crippen LogP contribution in [0.2, 0.25) is 0 Å². The van der Waals surface area contributed by atoms with Crippen molar-refractivity contribution in [1.29, 1.82) is 0 Å². The van der Waals surface area contributed by atoms with Crippen LogP contribution in [-0.4, -0.2) is 17.5 Å². The van der Waals surface area contributed by atoms with Crippen molar-refractivity contribution in [1.82, 2.24) is 4.90 Å². The van der Waals surface area contributed by atoms with E-state index in [-0.39, 0.29) is 17.9 Å². The quantitative estimate of drug-likeness (QED) is 0.671. The van der Waals surface area contributed by atoms with E-state index in [0.29, 0.717) is 12.2 Å². The maximum Gasteiger partial charge on any atom is 0.322 e. The lowest BCUT2D eigenvalue weighted by Crippen LogP contribution is -2.43. The third-order valence-electron chi connectivity index (χ3n) is 4.81. The molecule has 3 aromatic rings. The molecule has 0 saturated carbocycles. The molecule has 0 aliphatic carbocycles. The first-order chi connectivity index (χ1) is 13.1. The maximum absolute atomic E-state index is 13.4. The van der Waals surface area contributed by atoms with Crippen molar-refractivity contribution in [2.45, 2.75) is 12.5 Å². The highest BCUT2D eigenvalue weighted by Crippen LogP contribution is 2.35. The van der Waals surface area contributed by atoms with Gasteiger partial charge in [0.05, 0.1) is 6.04 Å². The second kappa shape index (κ2) is 7.19. The average Bonchev–Trinajstić information content (AvgIpc) is 2.68. The summed E-state index contributed by atoms with van der Waals surface area (Å²) >= 11 is 0. The summed E-state index contributed by atoms with van der Waals surface area (Å²) in [5.41, 5.74) is 3.42. The minimum absolute atomic E-state index is 0.315. The number of fused-ring (bicyclic) bond motifs is 1. The Bertz CT molecular complexity index is 972. The van der Waals surface area contributed by atoms with E-state index in [0.717, 1.165) is 17.5 Å². The van der Waals surface area contributed by atoms with E-state index < -0.39 is 5.82 Å². The zero-order chi connectivity index (χ0) is 18.8. The number of carbonyl (C=O) groups is 1.